The third-order valence-corrected chi connectivity index (χ3v) is 5.58. The summed E-state index contributed by atoms with van der Waals surface area (Å²) in [5.74, 6) is 1.60. The predicted molar refractivity (Wildman–Crippen MR) is 86.6 cm³/mol. The smallest absolute Gasteiger partial charge is 0.0940 e. The zero-order chi connectivity index (χ0) is 14.7. The Balaban J connectivity index is 1.67. The van der Waals surface area contributed by atoms with Crippen LogP contribution in [0, 0.1) is 5.92 Å². The van der Waals surface area contributed by atoms with Gasteiger partial charge in [0.25, 0.3) is 0 Å². The molecule has 0 saturated carbocycles. The molecular weight excluding hydrogens is 282 g/mol. The standard InChI is InChI=1S/C17H25NO2S/c1-2-21-15-5-3-13(4-6-15)16(18)14-7-9-20-17(11-14)8-10-19-12-17/h3-6,14,16H,2,7-12,18H2,1H3. The zero-order valence-electron chi connectivity index (χ0n) is 12.7. The van der Waals surface area contributed by atoms with Gasteiger partial charge in [0, 0.05) is 30.6 Å². The number of ether oxygens (including phenoxy) is 2. The highest BCUT2D eigenvalue weighted by Crippen LogP contribution is 2.40. The van der Waals surface area contributed by atoms with Crippen molar-refractivity contribution in [1.82, 2.24) is 0 Å². The Bertz CT molecular complexity index is 456. The van der Waals surface area contributed by atoms with E-state index in [0.717, 1.165) is 44.8 Å². The molecule has 1 aromatic carbocycles. The van der Waals surface area contributed by atoms with Gasteiger partial charge in [-0.3, -0.25) is 0 Å². The zero-order valence-corrected chi connectivity index (χ0v) is 13.5. The summed E-state index contributed by atoms with van der Waals surface area (Å²) in [6.45, 7) is 4.55. The van der Waals surface area contributed by atoms with E-state index < -0.39 is 0 Å². The molecule has 2 saturated heterocycles. The predicted octanol–water partition coefficient (Wildman–Crippen LogP) is 3.38. The summed E-state index contributed by atoms with van der Waals surface area (Å²) in [4.78, 5) is 1.32. The minimum atomic E-state index is -0.0570. The Morgan fingerprint density at radius 1 is 1.33 bits per heavy atom. The van der Waals surface area contributed by atoms with Crippen molar-refractivity contribution >= 4 is 11.8 Å². The van der Waals surface area contributed by atoms with Crippen molar-refractivity contribution in [2.24, 2.45) is 11.7 Å². The molecule has 3 atom stereocenters. The summed E-state index contributed by atoms with van der Waals surface area (Å²) < 4.78 is 11.6. The second kappa shape index (κ2) is 6.69. The van der Waals surface area contributed by atoms with Gasteiger partial charge in [0.15, 0.2) is 0 Å². The van der Waals surface area contributed by atoms with Crippen LogP contribution in [-0.4, -0.2) is 31.2 Å². The van der Waals surface area contributed by atoms with Crippen LogP contribution in [0.2, 0.25) is 0 Å². The second-order valence-corrected chi connectivity index (χ2v) is 7.45. The summed E-state index contributed by atoms with van der Waals surface area (Å²) in [5.41, 5.74) is 7.73. The summed E-state index contributed by atoms with van der Waals surface area (Å²) >= 11 is 1.87. The third-order valence-electron chi connectivity index (χ3n) is 4.68. The van der Waals surface area contributed by atoms with E-state index in [-0.39, 0.29) is 11.6 Å². The molecule has 2 heterocycles. The van der Waals surface area contributed by atoms with Crippen molar-refractivity contribution in [3.63, 3.8) is 0 Å². The fourth-order valence-corrected chi connectivity index (χ4v) is 4.12. The Morgan fingerprint density at radius 3 is 2.81 bits per heavy atom. The molecule has 0 radical (unpaired) electrons. The highest BCUT2D eigenvalue weighted by atomic mass is 32.2. The topological polar surface area (TPSA) is 44.5 Å². The third kappa shape index (κ3) is 3.45. The molecule has 4 heteroatoms. The first-order chi connectivity index (χ1) is 10.2. The van der Waals surface area contributed by atoms with Crippen LogP contribution in [0.4, 0.5) is 0 Å². The average Bonchev–Trinajstić information content (AvgIpc) is 2.95. The van der Waals surface area contributed by atoms with E-state index in [4.69, 9.17) is 15.2 Å². The molecule has 3 nitrogen and oxygen atoms in total. The summed E-state index contributed by atoms with van der Waals surface area (Å²) in [5, 5.41) is 0. The maximum atomic E-state index is 6.54. The van der Waals surface area contributed by atoms with Crippen LogP contribution in [0.25, 0.3) is 0 Å². The van der Waals surface area contributed by atoms with Crippen LogP contribution in [-0.2, 0) is 9.47 Å². The fourth-order valence-electron chi connectivity index (χ4n) is 3.46. The largest absolute Gasteiger partial charge is 0.378 e. The van der Waals surface area contributed by atoms with Crippen molar-refractivity contribution in [2.45, 2.75) is 42.7 Å². The van der Waals surface area contributed by atoms with Crippen LogP contribution >= 0.6 is 11.8 Å². The lowest BCUT2D eigenvalue weighted by Crippen LogP contribution is -2.43. The van der Waals surface area contributed by atoms with Crippen molar-refractivity contribution in [3.8, 4) is 0 Å². The Hall–Kier alpha value is -0.550. The fraction of sp³-hybridized carbons (Fsp3) is 0.647. The van der Waals surface area contributed by atoms with Gasteiger partial charge in [0.2, 0.25) is 0 Å². The number of thioether (sulfide) groups is 1. The van der Waals surface area contributed by atoms with Gasteiger partial charge in [-0.2, -0.15) is 0 Å². The first-order valence-electron chi connectivity index (χ1n) is 7.92. The minimum Gasteiger partial charge on any atom is -0.378 e. The van der Waals surface area contributed by atoms with Gasteiger partial charge in [-0.15, -0.1) is 11.8 Å². The summed E-state index contributed by atoms with van der Waals surface area (Å²) in [6.07, 6.45) is 3.09. The number of hydrogen-bond acceptors (Lipinski definition) is 4. The van der Waals surface area contributed by atoms with Crippen LogP contribution < -0.4 is 5.73 Å². The summed E-state index contributed by atoms with van der Waals surface area (Å²) in [7, 11) is 0. The number of hydrogen-bond donors (Lipinski definition) is 1. The quantitative estimate of drug-likeness (QED) is 0.866. The van der Waals surface area contributed by atoms with Gasteiger partial charge in [-0.1, -0.05) is 19.1 Å². The first kappa shape index (κ1) is 15.3. The second-order valence-electron chi connectivity index (χ2n) is 6.11. The lowest BCUT2D eigenvalue weighted by molar-refractivity contribution is -0.101. The van der Waals surface area contributed by atoms with Crippen LogP contribution in [0.15, 0.2) is 29.2 Å². The Labute approximate surface area is 131 Å². The van der Waals surface area contributed by atoms with E-state index in [1.165, 1.54) is 10.5 Å². The van der Waals surface area contributed by atoms with Gasteiger partial charge in [-0.25, -0.2) is 0 Å². The molecule has 21 heavy (non-hydrogen) atoms. The molecule has 0 aromatic heterocycles. The lowest BCUT2D eigenvalue weighted by atomic mass is 9.79. The lowest BCUT2D eigenvalue weighted by Gasteiger charge is -2.39. The number of nitrogens with two attached hydrogens (primary N) is 1. The van der Waals surface area contributed by atoms with Gasteiger partial charge >= 0.3 is 0 Å². The highest BCUT2D eigenvalue weighted by Gasteiger charge is 2.42. The van der Waals surface area contributed by atoms with E-state index in [1.807, 2.05) is 11.8 Å². The average molecular weight is 307 g/mol. The van der Waals surface area contributed by atoms with Crippen molar-refractivity contribution in [1.29, 1.82) is 0 Å². The molecule has 0 bridgehead atoms. The molecule has 3 unspecified atom stereocenters. The molecule has 116 valence electrons. The van der Waals surface area contributed by atoms with E-state index in [9.17, 15) is 0 Å². The minimum absolute atomic E-state index is 0.0570. The Morgan fingerprint density at radius 2 is 2.14 bits per heavy atom. The summed E-state index contributed by atoms with van der Waals surface area (Å²) in [6, 6.07) is 8.87. The molecule has 2 aliphatic rings. The first-order valence-corrected chi connectivity index (χ1v) is 8.91. The number of rotatable bonds is 4. The van der Waals surface area contributed by atoms with E-state index in [2.05, 4.69) is 31.2 Å². The van der Waals surface area contributed by atoms with Crippen LogP contribution in [0.3, 0.4) is 0 Å². The van der Waals surface area contributed by atoms with Gasteiger partial charge in [-0.05, 0) is 42.2 Å². The molecule has 2 N–H and O–H groups in total. The van der Waals surface area contributed by atoms with Crippen LogP contribution in [0.5, 0.6) is 0 Å². The molecule has 0 aliphatic carbocycles. The maximum Gasteiger partial charge on any atom is 0.0940 e. The molecule has 2 fully saturated rings. The molecule has 3 rings (SSSR count). The van der Waals surface area contributed by atoms with Crippen molar-refractivity contribution < 1.29 is 9.47 Å². The monoisotopic (exact) mass is 307 g/mol. The maximum absolute atomic E-state index is 6.54. The Kier molecular flexibility index (Phi) is 4.89. The van der Waals surface area contributed by atoms with Crippen molar-refractivity contribution in [3.05, 3.63) is 29.8 Å². The SMILES string of the molecule is CCSc1ccc(C(N)C2CCOC3(CCOC3)C2)cc1. The van der Waals surface area contributed by atoms with E-state index >= 15 is 0 Å². The normalized spacial score (nSPS) is 30.7. The number of benzene rings is 1. The van der Waals surface area contributed by atoms with E-state index in [0.29, 0.717) is 5.92 Å². The van der Waals surface area contributed by atoms with Gasteiger partial charge in [0.05, 0.1) is 12.2 Å². The van der Waals surface area contributed by atoms with Gasteiger partial charge < -0.3 is 15.2 Å². The molecular formula is C17H25NO2S. The van der Waals surface area contributed by atoms with Crippen molar-refractivity contribution in [2.75, 3.05) is 25.6 Å². The van der Waals surface area contributed by atoms with Crippen LogP contribution in [0.1, 0.15) is 37.8 Å². The van der Waals surface area contributed by atoms with E-state index in [1.54, 1.807) is 0 Å². The molecule has 1 aromatic rings. The molecule has 0 amide bonds. The molecule has 1 spiro atoms. The highest BCUT2D eigenvalue weighted by molar-refractivity contribution is 7.99. The molecule has 2 aliphatic heterocycles. The van der Waals surface area contributed by atoms with Gasteiger partial charge in [0.1, 0.15) is 0 Å².